The fourth-order valence-corrected chi connectivity index (χ4v) is 4.94. The molecular weight excluding hydrogens is 446 g/mol. The van der Waals surface area contributed by atoms with Gasteiger partial charge in [-0.05, 0) is 31.0 Å². The summed E-state index contributed by atoms with van der Waals surface area (Å²) in [5, 5.41) is 11.3. The van der Waals surface area contributed by atoms with Gasteiger partial charge in [-0.15, -0.1) is 0 Å². The number of pyridine rings is 2. The Labute approximate surface area is 201 Å². The van der Waals surface area contributed by atoms with E-state index in [0.717, 1.165) is 62.9 Å². The van der Waals surface area contributed by atoms with E-state index in [1.165, 1.54) is 0 Å². The number of aromatic nitrogens is 6. The van der Waals surface area contributed by atoms with E-state index >= 15 is 0 Å². The average Bonchev–Trinajstić information content (AvgIpc) is 3.57. The molecule has 0 atom stereocenters. The molecule has 2 N–H and O–H groups in total. The molecule has 2 aliphatic rings. The molecule has 2 fully saturated rings. The molecule has 5 heterocycles. The predicted octanol–water partition coefficient (Wildman–Crippen LogP) is 2.81. The molecule has 0 amide bonds. The summed E-state index contributed by atoms with van der Waals surface area (Å²) in [6, 6.07) is 5.81. The first-order valence-electron chi connectivity index (χ1n) is 12.1. The van der Waals surface area contributed by atoms with Gasteiger partial charge in [0.2, 0.25) is 17.7 Å². The van der Waals surface area contributed by atoms with Crippen molar-refractivity contribution in [3.63, 3.8) is 0 Å². The van der Waals surface area contributed by atoms with Crippen LogP contribution in [0.25, 0.3) is 22.4 Å². The van der Waals surface area contributed by atoms with Crippen LogP contribution in [0.15, 0.2) is 39.9 Å². The number of nitrogens with zero attached hydrogens (tertiary/aromatic N) is 7. The first-order valence-corrected chi connectivity index (χ1v) is 12.1. The van der Waals surface area contributed by atoms with Crippen LogP contribution in [0.5, 0.6) is 0 Å². The van der Waals surface area contributed by atoms with Crippen LogP contribution in [0.3, 0.4) is 0 Å². The number of anilines is 3. The zero-order chi connectivity index (χ0) is 23.8. The van der Waals surface area contributed by atoms with Crippen LogP contribution in [-0.4, -0.2) is 55.8 Å². The maximum atomic E-state index is 13.6. The molecular formula is C24H27N9O2. The van der Waals surface area contributed by atoms with Crippen molar-refractivity contribution in [2.45, 2.75) is 38.6 Å². The summed E-state index contributed by atoms with van der Waals surface area (Å²) in [4.78, 5) is 33.9. The SMILES string of the molecule is Cc1nc(-c2cc3cnc(Nc4ccc(N5CCNCC5)cn4)nc3n(C3CCCC3)c2=O)no1. The number of nitrogens with one attached hydrogen (secondary N) is 2. The van der Waals surface area contributed by atoms with Gasteiger partial charge in [-0.25, -0.2) is 9.97 Å². The van der Waals surface area contributed by atoms with Gasteiger partial charge in [0.15, 0.2) is 0 Å². The van der Waals surface area contributed by atoms with Crippen LogP contribution < -0.4 is 21.1 Å². The first kappa shape index (κ1) is 21.7. The summed E-state index contributed by atoms with van der Waals surface area (Å²) in [6.07, 6.45) is 7.63. The van der Waals surface area contributed by atoms with E-state index in [4.69, 9.17) is 9.51 Å². The van der Waals surface area contributed by atoms with Gasteiger partial charge < -0.3 is 20.1 Å². The molecule has 35 heavy (non-hydrogen) atoms. The van der Waals surface area contributed by atoms with Crippen molar-refractivity contribution in [3.8, 4) is 11.4 Å². The number of fused-ring (bicyclic) bond motifs is 1. The zero-order valence-electron chi connectivity index (χ0n) is 19.6. The molecule has 1 aliphatic carbocycles. The summed E-state index contributed by atoms with van der Waals surface area (Å²) >= 11 is 0. The van der Waals surface area contributed by atoms with Crippen molar-refractivity contribution < 1.29 is 4.52 Å². The summed E-state index contributed by atoms with van der Waals surface area (Å²) in [5.41, 5.74) is 1.93. The van der Waals surface area contributed by atoms with Crippen LogP contribution in [-0.2, 0) is 0 Å². The highest BCUT2D eigenvalue weighted by molar-refractivity contribution is 5.80. The highest BCUT2D eigenvalue weighted by atomic mass is 16.5. The van der Waals surface area contributed by atoms with Gasteiger partial charge in [0.05, 0.1) is 17.4 Å². The van der Waals surface area contributed by atoms with Crippen molar-refractivity contribution in [2.24, 2.45) is 0 Å². The third kappa shape index (κ3) is 4.23. The van der Waals surface area contributed by atoms with Crippen LogP contribution in [0.2, 0.25) is 0 Å². The Morgan fingerprint density at radius 3 is 2.63 bits per heavy atom. The lowest BCUT2D eigenvalue weighted by atomic mass is 10.1. The van der Waals surface area contributed by atoms with E-state index in [9.17, 15) is 4.79 Å². The van der Waals surface area contributed by atoms with Gasteiger partial charge in [0.25, 0.3) is 5.56 Å². The lowest BCUT2D eigenvalue weighted by Crippen LogP contribution is -2.43. The van der Waals surface area contributed by atoms with Gasteiger partial charge in [0.1, 0.15) is 11.5 Å². The number of aryl methyl sites for hydroxylation is 1. The van der Waals surface area contributed by atoms with E-state index in [1.54, 1.807) is 23.8 Å². The van der Waals surface area contributed by atoms with Crippen molar-refractivity contribution >= 4 is 28.5 Å². The van der Waals surface area contributed by atoms with Crippen molar-refractivity contribution in [2.75, 3.05) is 36.4 Å². The molecule has 0 spiro atoms. The molecule has 0 bridgehead atoms. The van der Waals surface area contributed by atoms with Gasteiger partial charge in [-0.1, -0.05) is 18.0 Å². The quantitative estimate of drug-likeness (QED) is 0.447. The van der Waals surface area contributed by atoms with Gasteiger partial charge >= 0.3 is 0 Å². The third-order valence-electron chi connectivity index (χ3n) is 6.70. The summed E-state index contributed by atoms with van der Waals surface area (Å²) in [5.74, 6) is 1.75. The maximum absolute atomic E-state index is 13.6. The van der Waals surface area contributed by atoms with Gasteiger partial charge in [0, 0.05) is 50.7 Å². The van der Waals surface area contributed by atoms with E-state index < -0.39 is 0 Å². The second kappa shape index (κ2) is 9.06. The second-order valence-electron chi connectivity index (χ2n) is 9.04. The molecule has 1 saturated carbocycles. The van der Waals surface area contributed by atoms with E-state index in [1.807, 2.05) is 12.3 Å². The Morgan fingerprint density at radius 2 is 1.91 bits per heavy atom. The number of rotatable bonds is 5. The number of hydrogen-bond donors (Lipinski definition) is 2. The normalized spacial score (nSPS) is 16.8. The third-order valence-corrected chi connectivity index (χ3v) is 6.70. The molecule has 1 saturated heterocycles. The van der Waals surface area contributed by atoms with Crippen LogP contribution in [0.1, 0.15) is 37.6 Å². The average molecular weight is 474 g/mol. The molecule has 4 aromatic heterocycles. The van der Waals surface area contributed by atoms with Crippen LogP contribution >= 0.6 is 0 Å². The minimum absolute atomic E-state index is 0.0807. The minimum Gasteiger partial charge on any atom is -0.368 e. The smallest absolute Gasteiger partial charge is 0.263 e. The van der Waals surface area contributed by atoms with Crippen molar-refractivity contribution in [3.05, 3.63) is 46.8 Å². The highest BCUT2D eigenvalue weighted by Crippen LogP contribution is 2.32. The molecule has 180 valence electrons. The number of hydrogen-bond acceptors (Lipinski definition) is 10. The van der Waals surface area contributed by atoms with E-state index in [0.29, 0.717) is 28.9 Å². The minimum atomic E-state index is -0.159. The van der Waals surface area contributed by atoms with E-state index in [2.05, 4.69) is 41.7 Å². The van der Waals surface area contributed by atoms with E-state index in [-0.39, 0.29) is 17.4 Å². The maximum Gasteiger partial charge on any atom is 0.263 e. The Bertz CT molecular complexity index is 1400. The summed E-state index contributed by atoms with van der Waals surface area (Å²) in [7, 11) is 0. The Morgan fingerprint density at radius 1 is 1.09 bits per heavy atom. The Balaban J connectivity index is 1.35. The van der Waals surface area contributed by atoms with Crippen molar-refractivity contribution in [1.82, 2.24) is 35.0 Å². The number of piperazine rings is 1. The topological polar surface area (TPSA) is 127 Å². The molecule has 0 unspecified atom stereocenters. The molecule has 0 aromatic carbocycles. The zero-order valence-corrected chi connectivity index (χ0v) is 19.6. The largest absolute Gasteiger partial charge is 0.368 e. The molecule has 6 rings (SSSR count). The standard InChI is InChI=1S/C24H27N9O2/c1-15-28-21(31-35-15)19-12-16-13-27-24(30-22(16)33(23(19)34)17-4-2-3-5-17)29-20-7-6-18(14-26-20)32-10-8-25-9-11-32/h6-7,12-14,17,25H,2-5,8-11H2,1H3,(H,26,27,29,30). The molecule has 0 radical (unpaired) electrons. The monoisotopic (exact) mass is 473 g/mol. The molecule has 11 nitrogen and oxygen atoms in total. The van der Waals surface area contributed by atoms with Gasteiger partial charge in [-0.2, -0.15) is 9.97 Å². The predicted molar refractivity (Wildman–Crippen MR) is 132 cm³/mol. The lowest BCUT2D eigenvalue weighted by molar-refractivity contribution is 0.394. The summed E-state index contributed by atoms with van der Waals surface area (Å²) < 4.78 is 6.91. The Hall–Kier alpha value is -3.86. The molecule has 1 aliphatic heterocycles. The highest BCUT2D eigenvalue weighted by Gasteiger charge is 2.24. The second-order valence-corrected chi connectivity index (χ2v) is 9.04. The molecule has 11 heteroatoms. The lowest BCUT2D eigenvalue weighted by Gasteiger charge is -2.29. The molecule has 4 aromatic rings. The summed E-state index contributed by atoms with van der Waals surface area (Å²) in [6.45, 7) is 5.58. The first-order chi connectivity index (χ1) is 17.2. The van der Waals surface area contributed by atoms with Gasteiger partial charge in [-0.3, -0.25) is 9.36 Å². The Kier molecular flexibility index (Phi) is 5.61. The fourth-order valence-electron chi connectivity index (χ4n) is 4.94. The fraction of sp³-hybridized carbons (Fsp3) is 0.417. The van der Waals surface area contributed by atoms with Crippen molar-refractivity contribution in [1.29, 1.82) is 0 Å². The van der Waals surface area contributed by atoms with Crippen LogP contribution in [0.4, 0.5) is 17.5 Å². The van der Waals surface area contributed by atoms with Crippen LogP contribution in [0, 0.1) is 6.92 Å².